The number of carbonyl (C=O) groups excluding carboxylic acids is 1. The zero-order chi connectivity index (χ0) is 15.5. The average molecular weight is 294 g/mol. The number of benzene rings is 2. The van der Waals surface area contributed by atoms with E-state index in [4.69, 9.17) is 0 Å². The van der Waals surface area contributed by atoms with Crippen LogP contribution >= 0.6 is 0 Å². The maximum absolute atomic E-state index is 12.6. The Labute approximate surface area is 129 Å². The summed E-state index contributed by atoms with van der Waals surface area (Å²) in [6, 6.07) is 18.8. The number of hydrogen-bond acceptors (Lipinski definition) is 2. The van der Waals surface area contributed by atoms with Crippen LogP contribution in [0.1, 0.15) is 23.2 Å². The number of nitrogens with zero attached hydrogens (tertiary/aromatic N) is 1. The molecule has 0 bridgehead atoms. The van der Waals surface area contributed by atoms with Gasteiger partial charge in [0.1, 0.15) is 12.1 Å². The van der Waals surface area contributed by atoms with Crippen molar-refractivity contribution in [2.75, 3.05) is 6.67 Å². The number of carbonyl (C=O) groups is 1. The molecule has 2 aromatic carbocycles. The Morgan fingerprint density at radius 3 is 2.18 bits per heavy atom. The number of nitrogens with one attached hydrogen (secondary N) is 1. The van der Waals surface area contributed by atoms with Gasteiger partial charge in [-0.2, -0.15) is 0 Å². The molecule has 0 aliphatic carbocycles. The van der Waals surface area contributed by atoms with E-state index < -0.39 is 0 Å². The molecule has 1 aliphatic heterocycles. The lowest BCUT2D eigenvalue weighted by atomic mass is 9.94. The highest BCUT2D eigenvalue weighted by Crippen LogP contribution is 2.35. The predicted molar refractivity (Wildman–Crippen MR) is 84.6 cm³/mol. The lowest BCUT2D eigenvalue weighted by molar-refractivity contribution is -0.871. The summed E-state index contributed by atoms with van der Waals surface area (Å²) in [5.74, 6) is -0.208. The summed E-state index contributed by atoms with van der Waals surface area (Å²) in [6.45, 7) is 3.68. The minimum atomic E-state index is -0.326. The second-order valence-corrected chi connectivity index (χ2v) is 5.38. The van der Waals surface area contributed by atoms with Gasteiger partial charge in [0.15, 0.2) is 6.67 Å². The Kier molecular flexibility index (Phi) is 4.04. The third-order valence-corrected chi connectivity index (χ3v) is 4.08. The maximum atomic E-state index is 12.6. The fourth-order valence-corrected chi connectivity index (χ4v) is 3.10. The molecule has 1 amide bonds. The standard InChI is InChI=1S/C18H18N2O2/c1-2-16(21)19-13-20(22)18(15-11-7-4-8-12-15)17(19)14-9-5-3-6-10-14/h2-12,17-18,20H,1,13H2/t17-,18-/m0/s1. The average Bonchev–Trinajstić information content (AvgIpc) is 2.93. The van der Waals surface area contributed by atoms with Crippen molar-refractivity contribution in [2.24, 2.45) is 0 Å². The number of rotatable bonds is 3. The number of amides is 1. The van der Waals surface area contributed by atoms with Crippen LogP contribution in [0.2, 0.25) is 0 Å². The van der Waals surface area contributed by atoms with Crippen molar-refractivity contribution in [3.05, 3.63) is 89.7 Å². The van der Waals surface area contributed by atoms with Gasteiger partial charge in [-0.15, -0.1) is 0 Å². The Morgan fingerprint density at radius 1 is 1.09 bits per heavy atom. The van der Waals surface area contributed by atoms with Crippen molar-refractivity contribution in [1.82, 2.24) is 4.90 Å². The molecule has 2 aromatic rings. The summed E-state index contributed by atoms with van der Waals surface area (Å²) in [5.41, 5.74) is 1.91. The van der Waals surface area contributed by atoms with Crippen molar-refractivity contribution >= 4 is 5.91 Å². The van der Waals surface area contributed by atoms with E-state index in [1.54, 1.807) is 4.90 Å². The van der Waals surface area contributed by atoms with Crippen LogP contribution in [-0.2, 0) is 4.79 Å². The molecule has 0 saturated carbocycles. The Hall–Kier alpha value is -2.43. The van der Waals surface area contributed by atoms with Crippen LogP contribution in [0.4, 0.5) is 0 Å². The van der Waals surface area contributed by atoms with E-state index >= 15 is 0 Å². The molecule has 4 nitrogen and oxygen atoms in total. The molecule has 1 unspecified atom stereocenters. The highest BCUT2D eigenvalue weighted by Gasteiger charge is 2.43. The number of hydrogen-bond donors (Lipinski definition) is 1. The number of hydroxylamine groups is 2. The Morgan fingerprint density at radius 2 is 1.64 bits per heavy atom. The van der Waals surface area contributed by atoms with Crippen LogP contribution in [0.3, 0.4) is 0 Å². The van der Waals surface area contributed by atoms with Gasteiger partial charge in [-0.1, -0.05) is 67.2 Å². The summed E-state index contributed by atoms with van der Waals surface area (Å²) in [5, 5.41) is 12.6. The third kappa shape index (κ3) is 2.54. The van der Waals surface area contributed by atoms with Crippen molar-refractivity contribution < 1.29 is 9.86 Å². The lowest BCUT2D eigenvalue weighted by Crippen LogP contribution is -3.06. The van der Waals surface area contributed by atoms with Gasteiger partial charge in [0.25, 0.3) is 5.91 Å². The van der Waals surface area contributed by atoms with Gasteiger partial charge in [0.05, 0.1) is 0 Å². The largest absolute Gasteiger partial charge is 0.632 e. The summed E-state index contributed by atoms with van der Waals surface area (Å²) < 4.78 is 0. The van der Waals surface area contributed by atoms with E-state index in [9.17, 15) is 10.0 Å². The first-order valence-electron chi connectivity index (χ1n) is 7.28. The molecule has 1 saturated heterocycles. The van der Waals surface area contributed by atoms with Gasteiger partial charge in [0.2, 0.25) is 0 Å². The van der Waals surface area contributed by atoms with Crippen molar-refractivity contribution in [3.63, 3.8) is 0 Å². The molecule has 0 aromatic heterocycles. The van der Waals surface area contributed by atoms with Crippen LogP contribution in [-0.4, -0.2) is 17.5 Å². The molecule has 1 aliphatic rings. The fraction of sp³-hybridized carbons (Fsp3) is 0.167. The summed E-state index contributed by atoms with van der Waals surface area (Å²) in [4.78, 5) is 13.8. The summed E-state index contributed by atoms with van der Waals surface area (Å²) >= 11 is 0. The monoisotopic (exact) mass is 294 g/mol. The van der Waals surface area contributed by atoms with E-state index in [2.05, 4.69) is 6.58 Å². The van der Waals surface area contributed by atoms with Crippen LogP contribution < -0.4 is 5.06 Å². The van der Waals surface area contributed by atoms with Gasteiger partial charge in [-0.25, -0.2) is 0 Å². The van der Waals surface area contributed by atoms with Crippen LogP contribution in [0, 0.1) is 5.21 Å². The molecule has 1 N–H and O–H groups in total. The molecule has 1 heterocycles. The predicted octanol–water partition coefficient (Wildman–Crippen LogP) is 1.84. The maximum Gasteiger partial charge on any atom is 0.251 e. The molecule has 1 fully saturated rings. The zero-order valence-electron chi connectivity index (χ0n) is 12.2. The molecule has 0 spiro atoms. The smallest absolute Gasteiger partial charge is 0.251 e. The molecule has 3 atom stereocenters. The first-order valence-corrected chi connectivity index (χ1v) is 7.28. The first-order chi connectivity index (χ1) is 10.7. The lowest BCUT2D eigenvalue weighted by Gasteiger charge is -2.27. The molecule has 22 heavy (non-hydrogen) atoms. The van der Waals surface area contributed by atoms with Crippen molar-refractivity contribution in [1.29, 1.82) is 0 Å². The zero-order valence-corrected chi connectivity index (χ0v) is 12.2. The van der Waals surface area contributed by atoms with Crippen LogP contribution in [0.25, 0.3) is 0 Å². The molecular formula is C18H18N2O2. The van der Waals surface area contributed by atoms with Gasteiger partial charge >= 0.3 is 0 Å². The minimum Gasteiger partial charge on any atom is -0.632 e. The topological polar surface area (TPSA) is 47.8 Å². The molecule has 3 rings (SSSR count). The minimum absolute atomic E-state index is 0.0650. The highest BCUT2D eigenvalue weighted by atomic mass is 16.5. The molecule has 4 heteroatoms. The van der Waals surface area contributed by atoms with E-state index in [1.807, 2.05) is 60.7 Å². The van der Waals surface area contributed by atoms with Gasteiger partial charge in [0, 0.05) is 5.56 Å². The second-order valence-electron chi connectivity index (χ2n) is 5.38. The quantitative estimate of drug-likeness (QED) is 0.693. The van der Waals surface area contributed by atoms with Gasteiger partial charge in [-0.05, 0) is 11.6 Å². The molecule has 0 radical (unpaired) electrons. The normalized spacial score (nSPS) is 24.2. The van der Waals surface area contributed by atoms with Gasteiger partial charge < -0.3 is 10.3 Å². The first kappa shape index (κ1) is 14.5. The van der Waals surface area contributed by atoms with Crippen molar-refractivity contribution in [2.45, 2.75) is 12.1 Å². The van der Waals surface area contributed by atoms with E-state index in [1.165, 1.54) is 6.08 Å². The van der Waals surface area contributed by atoms with E-state index in [0.717, 1.165) is 11.1 Å². The van der Waals surface area contributed by atoms with Gasteiger partial charge in [-0.3, -0.25) is 9.69 Å². The SMILES string of the molecule is C=CC(=O)N1C[NH+]([O-])[C@@H](c2ccccc2)[C@@H]1c1ccccc1. The van der Waals surface area contributed by atoms with Crippen LogP contribution in [0.5, 0.6) is 0 Å². The Bertz CT molecular complexity index is 657. The highest BCUT2D eigenvalue weighted by molar-refractivity contribution is 5.87. The Balaban J connectivity index is 2.07. The molecular weight excluding hydrogens is 276 g/mol. The fourth-order valence-electron chi connectivity index (χ4n) is 3.10. The summed E-state index contributed by atoms with van der Waals surface area (Å²) in [7, 11) is 0. The van der Waals surface area contributed by atoms with E-state index in [0.29, 0.717) is 0 Å². The summed E-state index contributed by atoms with van der Waals surface area (Å²) in [6.07, 6.45) is 1.27. The van der Waals surface area contributed by atoms with Crippen molar-refractivity contribution in [3.8, 4) is 0 Å². The number of quaternary nitrogens is 1. The third-order valence-electron chi connectivity index (χ3n) is 4.08. The van der Waals surface area contributed by atoms with E-state index in [-0.39, 0.29) is 29.7 Å². The second kappa shape index (κ2) is 6.13. The molecule has 112 valence electrons. The van der Waals surface area contributed by atoms with Crippen LogP contribution in [0.15, 0.2) is 73.3 Å².